The Labute approximate surface area is 159 Å². The maximum absolute atomic E-state index is 11.6. The molecule has 0 saturated heterocycles. The van der Waals surface area contributed by atoms with Crippen LogP contribution in [0.15, 0.2) is 48.7 Å². The molecule has 2 N–H and O–H groups in total. The number of methoxy groups -OCH3 is 1. The van der Waals surface area contributed by atoms with Crippen molar-refractivity contribution in [2.24, 2.45) is 0 Å². The summed E-state index contributed by atoms with van der Waals surface area (Å²) >= 11 is 12.0. The zero-order valence-electron chi connectivity index (χ0n) is 13.5. The number of rotatable bonds is 5. The van der Waals surface area contributed by atoms with Crippen LogP contribution in [0.25, 0.3) is 0 Å². The molecule has 26 heavy (non-hydrogen) atoms. The van der Waals surface area contributed by atoms with Crippen molar-refractivity contribution in [3.8, 4) is 0 Å². The maximum Gasteiger partial charge on any atom is 0.337 e. The summed E-state index contributed by atoms with van der Waals surface area (Å²) in [5.41, 5.74) is 1.68. The SMILES string of the molecule is COC(=O)c1cccc(Nc2cnnc(Nc3ccc(Cl)cc3Cl)n2)c1. The summed E-state index contributed by atoms with van der Waals surface area (Å²) in [4.78, 5) is 15.9. The standard InChI is InChI=1S/C17H13Cl2N5O2/c1-26-16(25)10-3-2-4-12(7-10)21-15-9-20-24-17(23-15)22-14-6-5-11(18)8-13(14)19/h2-9H,1H3,(H2,21,22,23,24). The Morgan fingerprint density at radius 2 is 1.96 bits per heavy atom. The number of esters is 1. The van der Waals surface area contributed by atoms with Crippen LogP contribution < -0.4 is 10.6 Å². The van der Waals surface area contributed by atoms with Crippen molar-refractivity contribution >= 4 is 52.3 Å². The lowest BCUT2D eigenvalue weighted by Gasteiger charge is -2.09. The van der Waals surface area contributed by atoms with Gasteiger partial charge in [0.2, 0.25) is 5.95 Å². The van der Waals surface area contributed by atoms with Crippen molar-refractivity contribution in [1.82, 2.24) is 15.2 Å². The van der Waals surface area contributed by atoms with E-state index in [0.717, 1.165) is 0 Å². The van der Waals surface area contributed by atoms with Crippen LogP contribution in [0, 0.1) is 0 Å². The Morgan fingerprint density at radius 3 is 2.73 bits per heavy atom. The molecule has 0 amide bonds. The fourth-order valence-electron chi connectivity index (χ4n) is 2.12. The monoisotopic (exact) mass is 389 g/mol. The average Bonchev–Trinajstić information content (AvgIpc) is 2.64. The van der Waals surface area contributed by atoms with E-state index >= 15 is 0 Å². The van der Waals surface area contributed by atoms with E-state index < -0.39 is 5.97 Å². The second kappa shape index (κ2) is 7.99. The molecule has 0 saturated carbocycles. The van der Waals surface area contributed by atoms with Gasteiger partial charge in [-0.15, -0.1) is 5.10 Å². The maximum atomic E-state index is 11.6. The highest BCUT2D eigenvalue weighted by molar-refractivity contribution is 6.36. The van der Waals surface area contributed by atoms with Crippen LogP contribution in [-0.2, 0) is 4.74 Å². The molecule has 0 atom stereocenters. The molecule has 0 spiro atoms. The van der Waals surface area contributed by atoms with E-state index in [9.17, 15) is 4.79 Å². The Kier molecular flexibility index (Phi) is 5.50. The summed E-state index contributed by atoms with van der Waals surface area (Å²) in [5, 5.41) is 14.8. The van der Waals surface area contributed by atoms with Crippen LogP contribution >= 0.6 is 23.2 Å². The van der Waals surface area contributed by atoms with Crippen LogP contribution in [0.3, 0.4) is 0 Å². The van der Waals surface area contributed by atoms with Crippen molar-refractivity contribution in [3.05, 3.63) is 64.3 Å². The minimum Gasteiger partial charge on any atom is -0.465 e. The van der Waals surface area contributed by atoms with Gasteiger partial charge in [-0.1, -0.05) is 29.3 Å². The lowest BCUT2D eigenvalue weighted by Crippen LogP contribution is -2.04. The van der Waals surface area contributed by atoms with Gasteiger partial charge in [-0.2, -0.15) is 10.1 Å². The number of ether oxygens (including phenoxy) is 1. The van der Waals surface area contributed by atoms with Crippen LogP contribution in [0.1, 0.15) is 10.4 Å². The van der Waals surface area contributed by atoms with E-state index in [-0.39, 0.29) is 5.95 Å². The molecular weight excluding hydrogens is 377 g/mol. The molecule has 7 nitrogen and oxygen atoms in total. The smallest absolute Gasteiger partial charge is 0.337 e. The van der Waals surface area contributed by atoms with Gasteiger partial charge in [0.15, 0.2) is 5.82 Å². The highest BCUT2D eigenvalue weighted by atomic mass is 35.5. The number of aromatic nitrogens is 3. The van der Waals surface area contributed by atoms with Gasteiger partial charge < -0.3 is 15.4 Å². The van der Waals surface area contributed by atoms with Gasteiger partial charge in [0, 0.05) is 10.7 Å². The molecule has 9 heteroatoms. The number of halogens is 2. The van der Waals surface area contributed by atoms with E-state index in [1.807, 2.05) is 0 Å². The largest absolute Gasteiger partial charge is 0.465 e. The minimum absolute atomic E-state index is 0.253. The van der Waals surface area contributed by atoms with Crippen molar-refractivity contribution in [2.45, 2.75) is 0 Å². The van der Waals surface area contributed by atoms with Crippen molar-refractivity contribution in [3.63, 3.8) is 0 Å². The van der Waals surface area contributed by atoms with Gasteiger partial charge in [0.05, 0.1) is 29.6 Å². The highest BCUT2D eigenvalue weighted by Crippen LogP contribution is 2.27. The number of anilines is 4. The minimum atomic E-state index is -0.422. The molecule has 132 valence electrons. The number of carbonyl (C=O) groups excluding carboxylic acids is 1. The third-order valence-electron chi connectivity index (χ3n) is 3.29. The molecule has 2 aromatic carbocycles. The molecule has 0 aliphatic carbocycles. The zero-order valence-corrected chi connectivity index (χ0v) is 15.0. The normalized spacial score (nSPS) is 10.3. The quantitative estimate of drug-likeness (QED) is 0.622. The molecule has 1 aromatic heterocycles. The highest BCUT2D eigenvalue weighted by Gasteiger charge is 2.08. The lowest BCUT2D eigenvalue weighted by molar-refractivity contribution is 0.0601. The van der Waals surface area contributed by atoms with Crippen LogP contribution in [0.5, 0.6) is 0 Å². The number of hydrogen-bond donors (Lipinski definition) is 2. The molecule has 0 radical (unpaired) electrons. The van der Waals surface area contributed by atoms with Crippen LogP contribution in [0.4, 0.5) is 23.1 Å². The van der Waals surface area contributed by atoms with E-state index in [2.05, 4.69) is 25.8 Å². The third-order valence-corrected chi connectivity index (χ3v) is 3.84. The summed E-state index contributed by atoms with van der Waals surface area (Å²) in [6.07, 6.45) is 1.46. The molecule has 0 aliphatic rings. The molecule has 0 bridgehead atoms. The van der Waals surface area contributed by atoms with Gasteiger partial charge >= 0.3 is 5.97 Å². The first kappa shape index (κ1) is 17.9. The number of nitrogens with one attached hydrogen (secondary N) is 2. The predicted octanol–water partition coefficient (Wildman–Crippen LogP) is 4.45. The number of nitrogens with zero attached hydrogens (tertiary/aromatic N) is 3. The zero-order chi connectivity index (χ0) is 18.5. The van der Waals surface area contributed by atoms with Crippen molar-refractivity contribution in [2.75, 3.05) is 17.7 Å². The van der Waals surface area contributed by atoms with E-state index in [0.29, 0.717) is 32.8 Å². The summed E-state index contributed by atoms with van der Waals surface area (Å²) in [6, 6.07) is 11.9. The first-order chi connectivity index (χ1) is 12.5. The molecule has 0 aliphatic heterocycles. The Balaban J connectivity index is 1.78. The van der Waals surface area contributed by atoms with Gasteiger partial charge in [0.25, 0.3) is 0 Å². The first-order valence-electron chi connectivity index (χ1n) is 7.42. The fraction of sp³-hybridized carbons (Fsp3) is 0.0588. The molecule has 3 rings (SSSR count). The summed E-state index contributed by atoms with van der Waals surface area (Å²) in [6.45, 7) is 0. The third kappa shape index (κ3) is 4.38. The summed E-state index contributed by atoms with van der Waals surface area (Å²) in [7, 11) is 1.33. The Morgan fingerprint density at radius 1 is 1.12 bits per heavy atom. The predicted molar refractivity (Wildman–Crippen MR) is 101 cm³/mol. The Bertz CT molecular complexity index is 952. The summed E-state index contributed by atoms with van der Waals surface area (Å²) < 4.78 is 4.71. The van der Waals surface area contributed by atoms with Crippen LogP contribution in [-0.4, -0.2) is 28.3 Å². The Hall–Kier alpha value is -2.90. The van der Waals surface area contributed by atoms with Gasteiger partial charge in [-0.3, -0.25) is 0 Å². The van der Waals surface area contributed by atoms with E-state index in [1.54, 1.807) is 42.5 Å². The second-order valence-electron chi connectivity index (χ2n) is 5.11. The van der Waals surface area contributed by atoms with Gasteiger partial charge in [-0.25, -0.2) is 4.79 Å². The van der Waals surface area contributed by atoms with Crippen molar-refractivity contribution < 1.29 is 9.53 Å². The number of benzene rings is 2. The molecule has 0 unspecified atom stereocenters. The van der Waals surface area contributed by atoms with Crippen LogP contribution in [0.2, 0.25) is 10.0 Å². The fourth-order valence-corrected chi connectivity index (χ4v) is 2.57. The van der Waals surface area contributed by atoms with Gasteiger partial charge in [-0.05, 0) is 36.4 Å². The first-order valence-corrected chi connectivity index (χ1v) is 8.18. The van der Waals surface area contributed by atoms with Gasteiger partial charge in [0.1, 0.15) is 0 Å². The molecular formula is C17H13Cl2N5O2. The second-order valence-corrected chi connectivity index (χ2v) is 5.96. The van der Waals surface area contributed by atoms with Crippen molar-refractivity contribution in [1.29, 1.82) is 0 Å². The topological polar surface area (TPSA) is 89.0 Å². The summed E-state index contributed by atoms with van der Waals surface area (Å²) in [5.74, 6) is 0.271. The van der Waals surface area contributed by atoms with E-state index in [4.69, 9.17) is 27.9 Å². The number of hydrogen-bond acceptors (Lipinski definition) is 7. The number of carbonyl (C=O) groups is 1. The van der Waals surface area contributed by atoms with E-state index in [1.165, 1.54) is 13.3 Å². The lowest BCUT2D eigenvalue weighted by atomic mass is 10.2. The molecule has 0 fully saturated rings. The molecule has 1 heterocycles. The molecule has 3 aromatic rings. The average molecular weight is 390 g/mol.